The van der Waals surface area contributed by atoms with Crippen LogP contribution in [0.5, 0.6) is 5.75 Å². The van der Waals surface area contributed by atoms with E-state index in [1.807, 2.05) is 0 Å². The summed E-state index contributed by atoms with van der Waals surface area (Å²) in [5.74, 6) is -1.09. The third-order valence-corrected chi connectivity index (χ3v) is 4.43. The monoisotopic (exact) mass is 404 g/mol. The number of hydrogen-bond acceptors (Lipinski definition) is 6. The maximum absolute atomic E-state index is 13.1. The minimum Gasteiger partial charge on any atom is -0.465 e. The Bertz CT molecular complexity index is 1120. The third kappa shape index (κ3) is 3.77. The Balaban J connectivity index is 2.37. The number of nitrogen functional groups attached to an aromatic ring is 1. The number of aliphatic hydroxyl groups excluding tert-OH is 1. The van der Waals surface area contributed by atoms with Crippen LogP contribution in [0.2, 0.25) is 0 Å². The van der Waals surface area contributed by atoms with E-state index in [4.69, 9.17) is 5.73 Å². The Hall–Kier alpha value is -3.46. The van der Waals surface area contributed by atoms with Gasteiger partial charge in [0.15, 0.2) is 0 Å². The molecule has 0 fully saturated rings. The number of anilines is 1. The van der Waals surface area contributed by atoms with Crippen molar-refractivity contribution >= 4 is 22.6 Å². The van der Waals surface area contributed by atoms with Crippen LogP contribution >= 0.6 is 0 Å². The van der Waals surface area contributed by atoms with Crippen LogP contribution in [0.25, 0.3) is 16.6 Å². The molecule has 7 nitrogen and oxygen atoms in total. The van der Waals surface area contributed by atoms with Gasteiger partial charge in [0.05, 0.1) is 24.4 Å². The van der Waals surface area contributed by atoms with E-state index in [2.05, 4.69) is 9.47 Å². The largest absolute Gasteiger partial charge is 0.465 e. The first-order chi connectivity index (χ1) is 13.7. The van der Waals surface area contributed by atoms with Crippen LogP contribution < -0.4 is 16.0 Å². The van der Waals surface area contributed by atoms with E-state index in [0.717, 1.165) is 11.7 Å². The fraction of sp³-hybridized carbons (Fsp3) is 0.200. The van der Waals surface area contributed by atoms with Crippen molar-refractivity contribution in [2.75, 3.05) is 12.8 Å². The number of benzene rings is 2. The van der Waals surface area contributed by atoms with Gasteiger partial charge >= 0.3 is 12.6 Å². The third-order valence-electron chi connectivity index (χ3n) is 4.43. The van der Waals surface area contributed by atoms with E-state index in [9.17, 15) is 23.5 Å². The summed E-state index contributed by atoms with van der Waals surface area (Å²) in [6, 6.07) is 10.2. The lowest BCUT2D eigenvalue weighted by Crippen LogP contribution is -2.28. The summed E-state index contributed by atoms with van der Waals surface area (Å²) in [5, 5.41) is 9.97. The molecule has 3 aromatic rings. The molecular weight excluding hydrogens is 386 g/mol. The molecule has 0 amide bonds. The SMILES string of the molecule is COC(=O)c1c(N)c2ccc(OC(F)F)cc2n(-c2ccc([C@@H](C)O)cc2)c1=O. The highest BCUT2D eigenvalue weighted by Gasteiger charge is 2.23. The summed E-state index contributed by atoms with van der Waals surface area (Å²) in [6.45, 7) is -1.46. The quantitative estimate of drug-likeness (QED) is 0.634. The molecular formula is C20H18F2N2O5. The summed E-state index contributed by atoms with van der Waals surface area (Å²) in [4.78, 5) is 25.3. The predicted octanol–water partition coefficient (Wildman–Crippen LogP) is 3.01. The van der Waals surface area contributed by atoms with Gasteiger partial charge in [-0.3, -0.25) is 9.36 Å². The van der Waals surface area contributed by atoms with Crippen molar-refractivity contribution in [1.29, 1.82) is 0 Å². The standard InChI is InChI=1S/C20H18F2N2O5/c1-10(25)11-3-5-12(6-4-11)24-15-9-13(29-20(21)22)7-8-14(15)17(23)16(18(24)26)19(27)28-2/h3-10,20,25H,23H2,1-2H3/t10-/m1/s1. The number of carbonyl (C=O) groups excluding carboxylic acids is 1. The van der Waals surface area contributed by atoms with Gasteiger partial charge in [-0.2, -0.15) is 8.78 Å². The maximum atomic E-state index is 13.1. The number of aliphatic hydroxyl groups is 1. The summed E-state index contributed by atoms with van der Waals surface area (Å²) in [7, 11) is 1.12. The van der Waals surface area contributed by atoms with Gasteiger partial charge < -0.3 is 20.3 Å². The molecule has 2 aromatic carbocycles. The molecule has 0 bridgehead atoms. The Morgan fingerprint density at radius 1 is 1.17 bits per heavy atom. The lowest BCUT2D eigenvalue weighted by atomic mass is 10.1. The second-order valence-electron chi connectivity index (χ2n) is 6.25. The highest BCUT2D eigenvalue weighted by molar-refractivity contribution is 6.04. The van der Waals surface area contributed by atoms with Crippen molar-refractivity contribution < 1.29 is 28.2 Å². The number of aromatic nitrogens is 1. The van der Waals surface area contributed by atoms with Crippen molar-refractivity contribution in [3.8, 4) is 11.4 Å². The summed E-state index contributed by atoms with van der Waals surface area (Å²) in [6.07, 6.45) is -0.722. The molecule has 1 heterocycles. The normalized spacial score (nSPS) is 12.2. The molecule has 0 unspecified atom stereocenters. The van der Waals surface area contributed by atoms with Crippen molar-refractivity contribution in [3.63, 3.8) is 0 Å². The van der Waals surface area contributed by atoms with Gasteiger partial charge in [-0.15, -0.1) is 0 Å². The topological polar surface area (TPSA) is 104 Å². The number of carbonyl (C=O) groups is 1. The molecule has 0 radical (unpaired) electrons. The molecule has 152 valence electrons. The van der Waals surface area contributed by atoms with Gasteiger partial charge in [0.25, 0.3) is 5.56 Å². The molecule has 0 saturated carbocycles. The number of halogens is 2. The highest BCUT2D eigenvalue weighted by atomic mass is 19.3. The molecule has 0 aliphatic heterocycles. The number of nitrogens with zero attached hydrogens (tertiary/aromatic N) is 1. The van der Waals surface area contributed by atoms with Crippen LogP contribution in [-0.2, 0) is 4.74 Å². The molecule has 1 aromatic heterocycles. The van der Waals surface area contributed by atoms with Gasteiger partial charge in [-0.25, -0.2) is 4.79 Å². The fourth-order valence-electron chi connectivity index (χ4n) is 3.03. The molecule has 0 spiro atoms. The molecule has 29 heavy (non-hydrogen) atoms. The van der Waals surface area contributed by atoms with E-state index in [0.29, 0.717) is 11.3 Å². The Kier molecular flexibility index (Phi) is 5.51. The van der Waals surface area contributed by atoms with Gasteiger partial charge in [0.1, 0.15) is 11.3 Å². The van der Waals surface area contributed by atoms with Gasteiger partial charge in [-0.05, 0) is 36.8 Å². The summed E-state index contributed by atoms with van der Waals surface area (Å²) < 4.78 is 35.5. The van der Waals surface area contributed by atoms with Crippen molar-refractivity contribution in [3.05, 3.63) is 63.9 Å². The van der Waals surface area contributed by atoms with Crippen molar-refractivity contribution in [2.24, 2.45) is 0 Å². The molecule has 0 saturated heterocycles. The first-order valence-corrected chi connectivity index (χ1v) is 8.54. The van der Waals surface area contributed by atoms with Gasteiger partial charge in [0.2, 0.25) is 0 Å². The second kappa shape index (κ2) is 7.88. The van der Waals surface area contributed by atoms with Crippen LogP contribution in [0.4, 0.5) is 14.5 Å². The Labute approximate surface area is 163 Å². The number of nitrogens with two attached hydrogens (primary N) is 1. The zero-order valence-electron chi connectivity index (χ0n) is 15.6. The molecule has 9 heteroatoms. The van der Waals surface area contributed by atoms with Crippen molar-refractivity contribution in [1.82, 2.24) is 4.57 Å². The molecule has 1 atom stereocenters. The fourth-order valence-corrected chi connectivity index (χ4v) is 3.03. The van der Waals surface area contributed by atoms with Crippen LogP contribution in [-0.4, -0.2) is 29.4 Å². The number of fused-ring (bicyclic) bond motifs is 1. The number of pyridine rings is 1. The number of esters is 1. The first-order valence-electron chi connectivity index (χ1n) is 8.54. The lowest BCUT2D eigenvalue weighted by Gasteiger charge is -2.16. The van der Waals surface area contributed by atoms with E-state index in [-0.39, 0.29) is 27.9 Å². The average Bonchev–Trinajstić information content (AvgIpc) is 2.67. The minimum atomic E-state index is -3.05. The average molecular weight is 404 g/mol. The number of hydrogen-bond donors (Lipinski definition) is 2. The minimum absolute atomic E-state index is 0.128. The maximum Gasteiger partial charge on any atom is 0.387 e. The van der Waals surface area contributed by atoms with Crippen molar-refractivity contribution in [2.45, 2.75) is 19.6 Å². The van der Waals surface area contributed by atoms with Crippen LogP contribution in [0.3, 0.4) is 0 Å². The van der Waals surface area contributed by atoms with E-state index in [1.165, 1.54) is 18.2 Å². The highest BCUT2D eigenvalue weighted by Crippen LogP contribution is 2.29. The van der Waals surface area contributed by atoms with E-state index in [1.54, 1.807) is 31.2 Å². The van der Waals surface area contributed by atoms with Gasteiger partial charge in [-0.1, -0.05) is 12.1 Å². The zero-order valence-corrected chi connectivity index (χ0v) is 15.6. The number of alkyl halides is 2. The number of ether oxygens (including phenoxy) is 2. The lowest BCUT2D eigenvalue weighted by molar-refractivity contribution is -0.0497. The Morgan fingerprint density at radius 2 is 1.83 bits per heavy atom. The number of rotatable bonds is 5. The molecule has 3 rings (SSSR count). The first kappa shape index (κ1) is 20.3. The predicted molar refractivity (Wildman–Crippen MR) is 103 cm³/mol. The van der Waals surface area contributed by atoms with Gasteiger partial charge in [0, 0.05) is 17.1 Å². The molecule has 0 aliphatic carbocycles. The second-order valence-corrected chi connectivity index (χ2v) is 6.25. The van der Waals surface area contributed by atoms with Crippen LogP contribution in [0.1, 0.15) is 28.9 Å². The van der Waals surface area contributed by atoms with E-state index >= 15 is 0 Å². The molecule has 3 N–H and O–H groups in total. The Morgan fingerprint density at radius 3 is 2.38 bits per heavy atom. The summed E-state index contributed by atoms with van der Waals surface area (Å²) >= 11 is 0. The van der Waals surface area contributed by atoms with Crippen LogP contribution in [0, 0.1) is 0 Å². The molecule has 0 aliphatic rings. The van der Waals surface area contributed by atoms with E-state index < -0.39 is 24.2 Å². The smallest absolute Gasteiger partial charge is 0.387 e. The van der Waals surface area contributed by atoms with Crippen LogP contribution in [0.15, 0.2) is 47.3 Å². The number of methoxy groups -OCH3 is 1. The summed E-state index contributed by atoms with van der Waals surface area (Å²) in [5.41, 5.74) is 5.86. The zero-order chi connectivity index (χ0) is 21.3.